The van der Waals surface area contributed by atoms with Crippen LogP contribution in [0, 0.1) is 6.92 Å². The van der Waals surface area contributed by atoms with Crippen LogP contribution >= 0.6 is 0 Å². The molecule has 1 aliphatic carbocycles. The standard InChI is InChI=1S/C19H22N6O2/c1-11-22-16(12-8-13(20)9-12)10-17(23-11)21-6-7-25-19(27)15-5-3-2-4-14(15)18(26)24-25/h2-5,10,12-13H,6-9,20H2,1H3,(H,24,26)(H,21,22,23). The van der Waals surface area contributed by atoms with Crippen molar-refractivity contribution in [3.8, 4) is 0 Å². The van der Waals surface area contributed by atoms with Gasteiger partial charge in [-0.25, -0.2) is 14.6 Å². The lowest BCUT2D eigenvalue weighted by molar-refractivity contribution is 0.344. The smallest absolute Gasteiger partial charge is 0.273 e. The Morgan fingerprint density at radius 3 is 2.70 bits per heavy atom. The monoisotopic (exact) mass is 366 g/mol. The van der Waals surface area contributed by atoms with Gasteiger partial charge in [-0.05, 0) is 31.9 Å². The van der Waals surface area contributed by atoms with Crippen LogP contribution in [0.4, 0.5) is 5.82 Å². The Morgan fingerprint density at radius 1 is 1.22 bits per heavy atom. The van der Waals surface area contributed by atoms with Crippen molar-refractivity contribution < 1.29 is 0 Å². The fourth-order valence-electron chi connectivity index (χ4n) is 3.49. The Balaban J connectivity index is 1.49. The van der Waals surface area contributed by atoms with Crippen LogP contribution in [0.2, 0.25) is 0 Å². The maximum Gasteiger partial charge on any atom is 0.273 e. The highest BCUT2D eigenvalue weighted by molar-refractivity contribution is 5.80. The second kappa shape index (κ2) is 6.96. The summed E-state index contributed by atoms with van der Waals surface area (Å²) < 4.78 is 1.33. The number of nitrogens with two attached hydrogens (primary N) is 1. The van der Waals surface area contributed by atoms with Gasteiger partial charge in [-0.1, -0.05) is 12.1 Å². The predicted octanol–water partition coefficient (Wildman–Crippen LogP) is 1.11. The zero-order valence-corrected chi connectivity index (χ0v) is 15.1. The van der Waals surface area contributed by atoms with E-state index in [1.54, 1.807) is 24.3 Å². The van der Waals surface area contributed by atoms with Crippen molar-refractivity contribution in [2.24, 2.45) is 5.73 Å². The average Bonchev–Trinajstić information content (AvgIpc) is 2.63. The molecule has 8 heteroatoms. The Kier molecular flexibility index (Phi) is 4.49. The maximum atomic E-state index is 12.5. The van der Waals surface area contributed by atoms with Gasteiger partial charge in [-0.15, -0.1) is 0 Å². The topological polar surface area (TPSA) is 119 Å². The van der Waals surface area contributed by atoms with Gasteiger partial charge in [-0.2, -0.15) is 0 Å². The third-order valence-corrected chi connectivity index (χ3v) is 4.98. The highest BCUT2D eigenvalue weighted by atomic mass is 16.2. The number of anilines is 1. The molecule has 0 aliphatic heterocycles. The number of aromatic nitrogens is 4. The number of fused-ring (bicyclic) bond motifs is 1. The Hall–Kier alpha value is -3.00. The molecule has 8 nitrogen and oxygen atoms in total. The van der Waals surface area contributed by atoms with Crippen LogP contribution in [0.25, 0.3) is 10.8 Å². The molecule has 0 saturated heterocycles. The van der Waals surface area contributed by atoms with E-state index < -0.39 is 0 Å². The van der Waals surface area contributed by atoms with Gasteiger partial charge in [0, 0.05) is 30.3 Å². The van der Waals surface area contributed by atoms with E-state index in [9.17, 15) is 9.59 Å². The van der Waals surface area contributed by atoms with Crippen molar-refractivity contribution >= 4 is 16.6 Å². The highest BCUT2D eigenvalue weighted by Gasteiger charge is 2.28. The quantitative estimate of drug-likeness (QED) is 0.622. The van der Waals surface area contributed by atoms with E-state index in [0.717, 1.165) is 18.5 Å². The molecule has 0 amide bonds. The first-order valence-corrected chi connectivity index (χ1v) is 9.08. The first-order chi connectivity index (χ1) is 13.0. The molecule has 2 heterocycles. The minimum Gasteiger partial charge on any atom is -0.368 e. The number of hydrogen-bond donors (Lipinski definition) is 3. The molecule has 1 saturated carbocycles. The number of H-pyrrole nitrogens is 1. The molecule has 140 valence electrons. The lowest BCUT2D eigenvalue weighted by Gasteiger charge is -2.32. The van der Waals surface area contributed by atoms with Crippen LogP contribution in [0.5, 0.6) is 0 Å². The molecule has 0 spiro atoms. The average molecular weight is 366 g/mol. The lowest BCUT2D eigenvalue weighted by Crippen LogP contribution is -2.35. The molecule has 0 radical (unpaired) electrons. The van der Waals surface area contributed by atoms with Crippen molar-refractivity contribution in [2.45, 2.75) is 38.3 Å². The molecule has 27 heavy (non-hydrogen) atoms. The molecular weight excluding hydrogens is 344 g/mol. The molecule has 1 fully saturated rings. The summed E-state index contributed by atoms with van der Waals surface area (Å²) in [5, 5.41) is 6.67. The van der Waals surface area contributed by atoms with E-state index in [4.69, 9.17) is 5.73 Å². The summed E-state index contributed by atoms with van der Waals surface area (Å²) in [7, 11) is 0. The van der Waals surface area contributed by atoms with Gasteiger partial charge in [0.1, 0.15) is 11.6 Å². The molecule has 2 aromatic heterocycles. The summed E-state index contributed by atoms with van der Waals surface area (Å²) in [6.07, 6.45) is 1.90. The second-order valence-electron chi connectivity index (χ2n) is 7.02. The molecule has 1 aliphatic rings. The number of rotatable bonds is 5. The van der Waals surface area contributed by atoms with Gasteiger partial charge < -0.3 is 11.1 Å². The molecule has 0 atom stereocenters. The Bertz CT molecular complexity index is 1100. The minimum absolute atomic E-state index is 0.213. The van der Waals surface area contributed by atoms with Crippen LogP contribution in [0.1, 0.15) is 30.3 Å². The molecule has 0 bridgehead atoms. The SMILES string of the molecule is Cc1nc(NCCn2[nH]c(=O)c3ccccc3c2=O)cc(C2CC(N)C2)n1. The van der Waals surface area contributed by atoms with E-state index in [1.165, 1.54) is 4.68 Å². The third-order valence-electron chi connectivity index (χ3n) is 4.98. The normalized spacial score (nSPS) is 19.0. The van der Waals surface area contributed by atoms with Crippen molar-refractivity contribution in [2.75, 3.05) is 11.9 Å². The van der Waals surface area contributed by atoms with Crippen molar-refractivity contribution in [1.29, 1.82) is 0 Å². The summed E-state index contributed by atoms with van der Waals surface area (Å²) >= 11 is 0. The van der Waals surface area contributed by atoms with Crippen LogP contribution in [-0.4, -0.2) is 32.3 Å². The van der Waals surface area contributed by atoms with Gasteiger partial charge in [0.15, 0.2) is 0 Å². The van der Waals surface area contributed by atoms with Crippen LogP contribution < -0.4 is 22.2 Å². The molecule has 1 aromatic carbocycles. The van der Waals surface area contributed by atoms with E-state index in [-0.39, 0.29) is 17.2 Å². The van der Waals surface area contributed by atoms with Crippen molar-refractivity contribution in [3.05, 3.63) is 62.6 Å². The number of nitrogens with one attached hydrogen (secondary N) is 2. The molecule has 0 unspecified atom stereocenters. The van der Waals surface area contributed by atoms with Gasteiger partial charge in [-0.3, -0.25) is 14.7 Å². The number of hydrogen-bond acceptors (Lipinski definition) is 6. The van der Waals surface area contributed by atoms with Crippen molar-refractivity contribution in [1.82, 2.24) is 19.7 Å². The first-order valence-electron chi connectivity index (χ1n) is 9.08. The lowest BCUT2D eigenvalue weighted by atomic mass is 9.78. The minimum atomic E-state index is -0.272. The first kappa shape index (κ1) is 17.4. The van der Waals surface area contributed by atoms with E-state index in [0.29, 0.717) is 41.4 Å². The van der Waals surface area contributed by atoms with E-state index >= 15 is 0 Å². The van der Waals surface area contributed by atoms with Gasteiger partial charge >= 0.3 is 0 Å². The van der Waals surface area contributed by atoms with E-state index in [2.05, 4.69) is 20.4 Å². The zero-order chi connectivity index (χ0) is 19.0. The van der Waals surface area contributed by atoms with Gasteiger partial charge in [0.2, 0.25) is 0 Å². The Labute approximate surface area is 155 Å². The van der Waals surface area contributed by atoms with Gasteiger partial charge in [0.25, 0.3) is 11.1 Å². The largest absolute Gasteiger partial charge is 0.368 e. The van der Waals surface area contributed by atoms with E-state index in [1.807, 2.05) is 13.0 Å². The second-order valence-corrected chi connectivity index (χ2v) is 7.02. The van der Waals surface area contributed by atoms with Crippen molar-refractivity contribution in [3.63, 3.8) is 0 Å². The zero-order valence-electron chi connectivity index (χ0n) is 15.1. The number of nitrogens with zero attached hydrogens (tertiary/aromatic N) is 3. The number of aromatic amines is 1. The third kappa shape index (κ3) is 3.48. The summed E-state index contributed by atoms with van der Waals surface area (Å²) in [6, 6.07) is 9.01. The summed E-state index contributed by atoms with van der Waals surface area (Å²) in [5.74, 6) is 1.81. The number of aryl methyl sites for hydroxylation is 1. The highest BCUT2D eigenvalue weighted by Crippen LogP contribution is 2.35. The van der Waals surface area contributed by atoms with Gasteiger partial charge in [0.05, 0.1) is 17.3 Å². The summed E-state index contributed by atoms with van der Waals surface area (Å²) in [6.45, 7) is 2.64. The van der Waals surface area contributed by atoms with Crippen LogP contribution in [0.15, 0.2) is 39.9 Å². The van der Waals surface area contributed by atoms with Crippen LogP contribution in [-0.2, 0) is 6.54 Å². The molecular formula is C19H22N6O2. The molecule has 3 aromatic rings. The Morgan fingerprint density at radius 2 is 1.96 bits per heavy atom. The fraction of sp³-hybridized carbons (Fsp3) is 0.368. The fourth-order valence-corrected chi connectivity index (χ4v) is 3.49. The summed E-state index contributed by atoms with van der Waals surface area (Å²) in [4.78, 5) is 33.6. The summed E-state index contributed by atoms with van der Waals surface area (Å²) in [5.41, 5.74) is 6.39. The predicted molar refractivity (Wildman–Crippen MR) is 104 cm³/mol. The molecule has 4 N–H and O–H groups in total. The maximum absolute atomic E-state index is 12.5. The number of benzene rings is 1. The van der Waals surface area contributed by atoms with Crippen LogP contribution in [0.3, 0.4) is 0 Å². The molecule has 4 rings (SSSR count).